The number of aromatic nitrogens is 3. The van der Waals surface area contributed by atoms with Gasteiger partial charge in [-0.05, 0) is 31.2 Å². The van der Waals surface area contributed by atoms with E-state index in [0.717, 1.165) is 22.9 Å². The molecule has 0 saturated heterocycles. The molecule has 0 amide bonds. The molecule has 0 saturated carbocycles. The third-order valence-corrected chi connectivity index (χ3v) is 3.19. The van der Waals surface area contributed by atoms with Crippen LogP contribution in [0.3, 0.4) is 0 Å². The lowest BCUT2D eigenvalue weighted by molar-refractivity contribution is 0.333. The van der Waals surface area contributed by atoms with Crippen LogP contribution >= 0.6 is 0 Å². The lowest BCUT2D eigenvalue weighted by atomic mass is 10.3. The minimum absolute atomic E-state index is 0.537. The largest absolute Gasteiger partial charge is 0.492 e. The van der Waals surface area contributed by atoms with E-state index in [1.807, 2.05) is 55.5 Å². The van der Waals surface area contributed by atoms with E-state index in [0.29, 0.717) is 19.1 Å². The van der Waals surface area contributed by atoms with Crippen LogP contribution in [-0.4, -0.2) is 28.1 Å². The summed E-state index contributed by atoms with van der Waals surface area (Å²) >= 11 is 0. The number of anilines is 3. The van der Waals surface area contributed by atoms with Crippen molar-refractivity contribution in [3.05, 3.63) is 66.6 Å². The normalized spacial score (nSPS) is 10.2. The van der Waals surface area contributed by atoms with Crippen molar-refractivity contribution in [3.8, 4) is 5.75 Å². The predicted molar refractivity (Wildman–Crippen MR) is 94.7 cm³/mol. The molecule has 6 nitrogen and oxygen atoms in total. The molecule has 3 aromatic rings. The van der Waals surface area contributed by atoms with Crippen LogP contribution in [0.15, 0.2) is 60.9 Å². The number of benzene rings is 1. The van der Waals surface area contributed by atoms with Crippen LogP contribution < -0.4 is 15.4 Å². The Morgan fingerprint density at radius 2 is 1.92 bits per heavy atom. The van der Waals surface area contributed by atoms with Gasteiger partial charge < -0.3 is 15.4 Å². The van der Waals surface area contributed by atoms with Crippen LogP contribution in [0.5, 0.6) is 5.75 Å². The highest BCUT2D eigenvalue weighted by atomic mass is 16.5. The van der Waals surface area contributed by atoms with Crippen molar-refractivity contribution < 1.29 is 4.74 Å². The van der Waals surface area contributed by atoms with Crippen molar-refractivity contribution in [1.29, 1.82) is 0 Å². The average Bonchev–Trinajstić information content (AvgIpc) is 2.60. The fourth-order valence-corrected chi connectivity index (χ4v) is 2.15. The topological polar surface area (TPSA) is 72.0 Å². The zero-order valence-electron chi connectivity index (χ0n) is 13.4. The number of rotatable bonds is 7. The van der Waals surface area contributed by atoms with Gasteiger partial charge in [-0.25, -0.2) is 4.98 Å². The number of para-hydroxylation sites is 1. The van der Waals surface area contributed by atoms with E-state index >= 15 is 0 Å². The van der Waals surface area contributed by atoms with Crippen LogP contribution in [0.25, 0.3) is 0 Å². The highest BCUT2D eigenvalue weighted by molar-refractivity contribution is 5.53. The Bertz CT molecular complexity index is 765. The third-order valence-electron chi connectivity index (χ3n) is 3.19. The first-order valence-electron chi connectivity index (χ1n) is 7.74. The number of nitrogens with zero attached hydrogens (tertiary/aromatic N) is 3. The molecule has 2 heterocycles. The standard InChI is InChI=1S/C18H19N5O/c1-14-12-17(20-10-11-24-16-7-3-2-4-8-16)23-18(21-14)22-15-6-5-9-19-13-15/h2-9,12-13H,10-11H2,1H3,(H2,20,21,22,23). The molecule has 1 aromatic carbocycles. The molecular weight excluding hydrogens is 302 g/mol. The maximum atomic E-state index is 5.65. The molecule has 24 heavy (non-hydrogen) atoms. The zero-order valence-corrected chi connectivity index (χ0v) is 13.4. The summed E-state index contributed by atoms with van der Waals surface area (Å²) in [5, 5.41) is 6.40. The first kappa shape index (κ1) is 15.7. The molecule has 0 spiro atoms. The van der Waals surface area contributed by atoms with Gasteiger partial charge in [0.1, 0.15) is 18.2 Å². The molecule has 0 unspecified atom stereocenters. The van der Waals surface area contributed by atoms with E-state index in [9.17, 15) is 0 Å². The summed E-state index contributed by atoms with van der Waals surface area (Å²) in [6.07, 6.45) is 3.45. The van der Waals surface area contributed by atoms with E-state index in [1.54, 1.807) is 12.4 Å². The number of ether oxygens (including phenoxy) is 1. The highest BCUT2D eigenvalue weighted by Crippen LogP contribution is 2.14. The van der Waals surface area contributed by atoms with E-state index in [2.05, 4.69) is 25.6 Å². The summed E-state index contributed by atoms with van der Waals surface area (Å²) in [6, 6.07) is 15.4. The molecule has 0 aliphatic rings. The fourth-order valence-electron chi connectivity index (χ4n) is 2.15. The van der Waals surface area contributed by atoms with Gasteiger partial charge >= 0.3 is 0 Å². The van der Waals surface area contributed by atoms with E-state index in [-0.39, 0.29) is 0 Å². The Morgan fingerprint density at radius 3 is 2.71 bits per heavy atom. The van der Waals surface area contributed by atoms with Crippen molar-refractivity contribution in [2.45, 2.75) is 6.92 Å². The molecule has 0 bridgehead atoms. The Kier molecular flexibility index (Phi) is 5.19. The smallest absolute Gasteiger partial charge is 0.229 e. The zero-order chi connectivity index (χ0) is 16.6. The van der Waals surface area contributed by atoms with Crippen LogP contribution in [-0.2, 0) is 0 Å². The first-order valence-corrected chi connectivity index (χ1v) is 7.74. The highest BCUT2D eigenvalue weighted by Gasteiger charge is 2.03. The SMILES string of the molecule is Cc1cc(NCCOc2ccccc2)nc(Nc2cccnc2)n1. The Labute approximate surface area is 141 Å². The summed E-state index contributed by atoms with van der Waals surface area (Å²) in [5.41, 5.74) is 1.73. The molecule has 0 atom stereocenters. The summed E-state index contributed by atoms with van der Waals surface area (Å²) < 4.78 is 5.65. The molecule has 0 radical (unpaired) electrons. The minimum atomic E-state index is 0.537. The number of nitrogens with one attached hydrogen (secondary N) is 2. The molecule has 122 valence electrons. The Hall–Kier alpha value is -3.15. The van der Waals surface area contributed by atoms with Crippen LogP contribution in [0.4, 0.5) is 17.5 Å². The number of hydrogen-bond acceptors (Lipinski definition) is 6. The van der Waals surface area contributed by atoms with Gasteiger partial charge in [0.25, 0.3) is 0 Å². The van der Waals surface area contributed by atoms with Gasteiger partial charge in [0.2, 0.25) is 5.95 Å². The van der Waals surface area contributed by atoms with Crippen molar-refractivity contribution in [2.75, 3.05) is 23.8 Å². The molecule has 3 rings (SSSR count). The van der Waals surface area contributed by atoms with Gasteiger partial charge in [-0.1, -0.05) is 18.2 Å². The van der Waals surface area contributed by atoms with Crippen molar-refractivity contribution in [1.82, 2.24) is 15.0 Å². The maximum absolute atomic E-state index is 5.65. The first-order chi connectivity index (χ1) is 11.8. The second-order valence-corrected chi connectivity index (χ2v) is 5.17. The summed E-state index contributed by atoms with van der Waals surface area (Å²) in [7, 11) is 0. The van der Waals surface area contributed by atoms with Gasteiger partial charge in [-0.2, -0.15) is 4.98 Å². The second-order valence-electron chi connectivity index (χ2n) is 5.17. The van der Waals surface area contributed by atoms with Gasteiger partial charge in [0, 0.05) is 18.0 Å². The molecule has 0 aliphatic carbocycles. The van der Waals surface area contributed by atoms with Crippen molar-refractivity contribution in [3.63, 3.8) is 0 Å². The van der Waals surface area contributed by atoms with Crippen molar-refractivity contribution in [2.24, 2.45) is 0 Å². The summed E-state index contributed by atoms with van der Waals surface area (Å²) in [6.45, 7) is 3.14. The number of pyridine rings is 1. The van der Waals surface area contributed by atoms with Crippen LogP contribution in [0.2, 0.25) is 0 Å². The summed E-state index contributed by atoms with van der Waals surface area (Å²) in [5.74, 6) is 2.15. The molecule has 2 N–H and O–H groups in total. The van der Waals surface area contributed by atoms with E-state index in [1.165, 1.54) is 0 Å². The van der Waals surface area contributed by atoms with Crippen molar-refractivity contribution >= 4 is 17.5 Å². The molecule has 6 heteroatoms. The second kappa shape index (κ2) is 7.92. The average molecular weight is 321 g/mol. The number of hydrogen-bond donors (Lipinski definition) is 2. The van der Waals surface area contributed by atoms with E-state index in [4.69, 9.17) is 4.74 Å². The van der Waals surface area contributed by atoms with Gasteiger partial charge in [0.15, 0.2) is 0 Å². The fraction of sp³-hybridized carbons (Fsp3) is 0.167. The maximum Gasteiger partial charge on any atom is 0.229 e. The monoisotopic (exact) mass is 321 g/mol. The van der Waals surface area contributed by atoms with Gasteiger partial charge in [-0.15, -0.1) is 0 Å². The van der Waals surface area contributed by atoms with Gasteiger partial charge in [-0.3, -0.25) is 4.98 Å². The quantitative estimate of drug-likeness (QED) is 0.650. The Balaban J connectivity index is 1.55. The third kappa shape index (κ3) is 4.67. The lowest BCUT2D eigenvalue weighted by Gasteiger charge is -2.10. The van der Waals surface area contributed by atoms with E-state index < -0.39 is 0 Å². The predicted octanol–water partition coefficient (Wildman–Crippen LogP) is 3.41. The lowest BCUT2D eigenvalue weighted by Crippen LogP contribution is -2.13. The molecule has 0 fully saturated rings. The van der Waals surface area contributed by atoms with Crippen LogP contribution in [0, 0.1) is 6.92 Å². The molecule has 0 aliphatic heterocycles. The molecular formula is C18H19N5O. The Morgan fingerprint density at radius 1 is 1.04 bits per heavy atom. The van der Waals surface area contributed by atoms with Crippen LogP contribution in [0.1, 0.15) is 5.69 Å². The molecule has 2 aromatic heterocycles. The number of aryl methyl sites for hydroxylation is 1. The minimum Gasteiger partial charge on any atom is -0.492 e. The summed E-state index contributed by atoms with van der Waals surface area (Å²) in [4.78, 5) is 12.9. The van der Waals surface area contributed by atoms with Gasteiger partial charge in [0.05, 0.1) is 18.4 Å².